The van der Waals surface area contributed by atoms with Gasteiger partial charge in [0.05, 0.1) is 36.5 Å². The minimum Gasteiger partial charge on any atom is -0.493 e. The van der Waals surface area contributed by atoms with Crippen molar-refractivity contribution in [2.75, 3.05) is 14.2 Å². The van der Waals surface area contributed by atoms with Crippen molar-refractivity contribution < 1.29 is 19.2 Å². The number of fused-ring (bicyclic) bond motifs is 1. The second kappa shape index (κ2) is 7.33. The lowest BCUT2D eigenvalue weighted by atomic mass is 10.0. The van der Waals surface area contributed by atoms with Crippen LogP contribution in [0.25, 0.3) is 28.2 Å². The summed E-state index contributed by atoms with van der Waals surface area (Å²) in [6, 6.07) is 10.4. The molecule has 3 aromatic rings. The molecule has 0 aliphatic rings. The van der Waals surface area contributed by atoms with Crippen molar-refractivity contribution in [2.45, 2.75) is 6.92 Å². The number of rotatable bonds is 6. The Labute approximate surface area is 155 Å². The van der Waals surface area contributed by atoms with Crippen molar-refractivity contribution in [1.29, 1.82) is 0 Å². The van der Waals surface area contributed by atoms with Gasteiger partial charge in [0.2, 0.25) is 0 Å². The maximum Gasteiger partial charge on any atom is 0.282 e. The topological polar surface area (TPSA) is 94.5 Å². The van der Waals surface area contributed by atoms with E-state index in [9.17, 15) is 14.9 Å². The molecule has 0 radical (unpaired) electrons. The molecule has 1 aromatic heterocycles. The number of hydrogen-bond acceptors (Lipinski definition) is 5. The molecule has 0 bridgehead atoms. The molecule has 7 nitrogen and oxygen atoms in total. The fourth-order valence-corrected chi connectivity index (χ4v) is 2.97. The van der Waals surface area contributed by atoms with E-state index in [4.69, 9.17) is 9.47 Å². The third-order valence-corrected chi connectivity index (χ3v) is 4.20. The van der Waals surface area contributed by atoms with Crippen LogP contribution in [0.3, 0.4) is 0 Å². The minimum atomic E-state index is -0.471. The van der Waals surface area contributed by atoms with Crippen LogP contribution in [0.15, 0.2) is 42.5 Å². The molecule has 0 spiro atoms. The maximum atomic E-state index is 11.7. The van der Waals surface area contributed by atoms with Crippen molar-refractivity contribution >= 4 is 28.4 Å². The lowest BCUT2D eigenvalue weighted by Gasteiger charge is -2.10. The standard InChI is InChI=1S/C20H18N2O5/c1-12(23)8-9-14-13-6-4-5-7-16(13)21-20(14)15-10-18(26-2)19(27-3)11-17(15)22(24)25/h4-11,21H,1-3H3/b9-8+. The first-order chi connectivity index (χ1) is 13.0. The Morgan fingerprint density at radius 1 is 1.15 bits per heavy atom. The highest BCUT2D eigenvalue weighted by Gasteiger charge is 2.24. The van der Waals surface area contributed by atoms with Crippen LogP contribution >= 0.6 is 0 Å². The first-order valence-electron chi connectivity index (χ1n) is 8.16. The Bertz CT molecular complexity index is 1070. The van der Waals surface area contributed by atoms with Gasteiger partial charge in [0.25, 0.3) is 5.69 Å². The fraction of sp³-hybridized carbons (Fsp3) is 0.150. The van der Waals surface area contributed by atoms with Crippen molar-refractivity contribution in [2.24, 2.45) is 0 Å². The second-order valence-corrected chi connectivity index (χ2v) is 5.88. The molecule has 0 saturated carbocycles. The van der Waals surface area contributed by atoms with Gasteiger partial charge < -0.3 is 14.5 Å². The molecule has 0 aliphatic heterocycles. The minimum absolute atomic E-state index is 0.118. The Balaban J connectivity index is 2.36. The highest BCUT2D eigenvalue weighted by molar-refractivity contribution is 6.01. The number of benzene rings is 2. The monoisotopic (exact) mass is 366 g/mol. The lowest BCUT2D eigenvalue weighted by Crippen LogP contribution is -1.98. The van der Waals surface area contributed by atoms with E-state index in [2.05, 4.69) is 4.98 Å². The molecule has 0 saturated heterocycles. The summed E-state index contributed by atoms with van der Waals surface area (Å²) in [5.41, 5.74) is 2.24. The number of para-hydroxylation sites is 1. The quantitative estimate of drug-likeness (QED) is 0.397. The van der Waals surface area contributed by atoms with Crippen LogP contribution in [0.2, 0.25) is 0 Å². The molecule has 0 amide bonds. The molecule has 2 aromatic carbocycles. The number of aromatic amines is 1. The summed E-state index contributed by atoms with van der Waals surface area (Å²) < 4.78 is 10.5. The molecule has 1 heterocycles. The lowest BCUT2D eigenvalue weighted by molar-refractivity contribution is -0.384. The zero-order valence-corrected chi connectivity index (χ0v) is 15.1. The van der Waals surface area contributed by atoms with Gasteiger partial charge in [0.1, 0.15) is 0 Å². The third kappa shape index (κ3) is 3.39. The third-order valence-electron chi connectivity index (χ3n) is 4.20. The largest absolute Gasteiger partial charge is 0.493 e. The number of ether oxygens (including phenoxy) is 2. The van der Waals surface area contributed by atoms with Crippen molar-refractivity contribution in [1.82, 2.24) is 4.98 Å². The average Bonchev–Trinajstić information content (AvgIpc) is 3.03. The van der Waals surface area contributed by atoms with Crippen LogP contribution in [0.5, 0.6) is 11.5 Å². The molecule has 0 fully saturated rings. The molecule has 27 heavy (non-hydrogen) atoms. The zero-order valence-electron chi connectivity index (χ0n) is 15.1. The summed E-state index contributed by atoms with van der Waals surface area (Å²) in [7, 11) is 2.89. The predicted octanol–water partition coefficient (Wildman–Crippen LogP) is 4.36. The Morgan fingerprint density at radius 2 is 1.81 bits per heavy atom. The number of carbonyl (C=O) groups is 1. The van der Waals surface area contributed by atoms with E-state index >= 15 is 0 Å². The van der Waals surface area contributed by atoms with Gasteiger partial charge in [0.15, 0.2) is 17.3 Å². The second-order valence-electron chi connectivity index (χ2n) is 5.88. The molecular weight excluding hydrogens is 348 g/mol. The molecule has 1 N–H and O–H groups in total. The summed E-state index contributed by atoms with van der Waals surface area (Å²) in [6.45, 7) is 1.45. The SMILES string of the molecule is COc1cc(-c2[nH]c3ccccc3c2/C=C/C(C)=O)c([N+](=O)[O-])cc1OC. The van der Waals surface area contributed by atoms with Gasteiger partial charge in [-0.05, 0) is 25.1 Å². The van der Waals surface area contributed by atoms with Gasteiger partial charge in [-0.1, -0.05) is 18.2 Å². The van der Waals surface area contributed by atoms with Crippen LogP contribution in [-0.2, 0) is 4.79 Å². The number of allylic oxidation sites excluding steroid dienone is 1. The number of nitrogens with zero attached hydrogens (tertiary/aromatic N) is 1. The highest BCUT2D eigenvalue weighted by Crippen LogP contribution is 2.42. The van der Waals surface area contributed by atoms with Crippen LogP contribution in [-0.4, -0.2) is 29.9 Å². The first-order valence-corrected chi connectivity index (χ1v) is 8.16. The van der Waals surface area contributed by atoms with Gasteiger partial charge in [-0.15, -0.1) is 0 Å². The summed E-state index contributed by atoms with van der Waals surface area (Å²) in [4.78, 5) is 25.9. The van der Waals surface area contributed by atoms with Crippen LogP contribution < -0.4 is 9.47 Å². The summed E-state index contributed by atoms with van der Waals surface area (Å²) >= 11 is 0. The number of methoxy groups -OCH3 is 2. The van der Waals surface area contributed by atoms with E-state index in [1.807, 2.05) is 24.3 Å². The smallest absolute Gasteiger partial charge is 0.282 e. The normalized spacial score (nSPS) is 11.1. The number of ketones is 1. The van der Waals surface area contributed by atoms with E-state index in [1.54, 1.807) is 12.1 Å². The average molecular weight is 366 g/mol. The Kier molecular flexibility index (Phi) is 4.94. The van der Waals surface area contributed by atoms with Gasteiger partial charge in [-0.2, -0.15) is 0 Å². The number of nitro groups is 1. The van der Waals surface area contributed by atoms with E-state index in [-0.39, 0.29) is 17.2 Å². The molecule has 138 valence electrons. The van der Waals surface area contributed by atoms with Crippen LogP contribution in [0, 0.1) is 10.1 Å². The van der Waals surface area contributed by atoms with Crippen LogP contribution in [0.1, 0.15) is 12.5 Å². The number of aromatic nitrogens is 1. The van der Waals surface area contributed by atoms with Gasteiger partial charge in [-0.25, -0.2) is 0 Å². The van der Waals surface area contributed by atoms with E-state index in [1.165, 1.54) is 33.3 Å². The van der Waals surface area contributed by atoms with Crippen molar-refractivity contribution in [3.63, 3.8) is 0 Å². The summed E-state index contributed by atoms with van der Waals surface area (Å²) in [5.74, 6) is 0.524. The van der Waals surface area contributed by atoms with Gasteiger partial charge >= 0.3 is 0 Å². The maximum absolute atomic E-state index is 11.7. The molecule has 0 unspecified atom stereocenters. The Morgan fingerprint density at radius 3 is 2.44 bits per heavy atom. The highest BCUT2D eigenvalue weighted by atomic mass is 16.6. The van der Waals surface area contributed by atoms with E-state index in [0.29, 0.717) is 22.6 Å². The number of carbonyl (C=O) groups excluding carboxylic acids is 1. The summed E-state index contributed by atoms with van der Waals surface area (Å²) in [5, 5.41) is 12.5. The number of nitro benzene ring substituents is 1. The van der Waals surface area contributed by atoms with Gasteiger partial charge in [0, 0.05) is 22.5 Å². The fourth-order valence-electron chi connectivity index (χ4n) is 2.97. The molecule has 0 aliphatic carbocycles. The number of H-pyrrole nitrogens is 1. The predicted molar refractivity (Wildman–Crippen MR) is 103 cm³/mol. The first kappa shape index (κ1) is 18.2. The molecule has 3 rings (SSSR count). The van der Waals surface area contributed by atoms with Crippen LogP contribution in [0.4, 0.5) is 5.69 Å². The molecule has 0 atom stereocenters. The molecular formula is C20H18N2O5. The molecule has 7 heteroatoms. The van der Waals surface area contributed by atoms with E-state index in [0.717, 1.165) is 10.9 Å². The van der Waals surface area contributed by atoms with Crippen molar-refractivity contribution in [3.05, 3.63) is 58.2 Å². The van der Waals surface area contributed by atoms with E-state index < -0.39 is 4.92 Å². The number of nitrogens with one attached hydrogen (secondary N) is 1. The Hall–Kier alpha value is -3.61. The number of hydrogen-bond donors (Lipinski definition) is 1. The van der Waals surface area contributed by atoms with Crippen molar-refractivity contribution in [3.8, 4) is 22.8 Å². The van der Waals surface area contributed by atoms with Gasteiger partial charge in [-0.3, -0.25) is 14.9 Å². The zero-order chi connectivity index (χ0) is 19.6. The summed E-state index contributed by atoms with van der Waals surface area (Å²) in [6.07, 6.45) is 3.10.